The maximum atomic E-state index is 12.4. The minimum absolute atomic E-state index is 0.0440. The van der Waals surface area contributed by atoms with Gasteiger partial charge in [-0.05, 0) is 12.1 Å². The summed E-state index contributed by atoms with van der Waals surface area (Å²) in [5.41, 5.74) is 0. The van der Waals surface area contributed by atoms with E-state index in [9.17, 15) is 13.2 Å². The van der Waals surface area contributed by atoms with Gasteiger partial charge in [-0.2, -0.15) is 18.2 Å². The molecule has 0 radical (unpaired) electrons. The quantitative estimate of drug-likeness (QED) is 0.808. The first-order valence-electron chi connectivity index (χ1n) is 4.72. The van der Waals surface area contributed by atoms with Crippen molar-refractivity contribution in [3.8, 4) is 5.88 Å². The standard InChI is InChI=1S/C10H6ClF3N2O2/c11-7-4-8(16-9(15-7)10(12,13)14)18-5-6-2-1-3-17-6/h1-4H,5H2. The third-order valence-corrected chi connectivity index (χ3v) is 2.06. The van der Waals surface area contributed by atoms with Crippen molar-refractivity contribution < 1.29 is 22.3 Å². The SMILES string of the molecule is FC(F)(F)c1nc(Cl)cc(OCc2ccco2)n1. The normalized spacial score (nSPS) is 11.6. The molecule has 0 bridgehead atoms. The number of aromatic nitrogens is 2. The van der Waals surface area contributed by atoms with Gasteiger partial charge in [0, 0.05) is 6.07 Å². The van der Waals surface area contributed by atoms with Crippen LogP contribution in [0.1, 0.15) is 11.6 Å². The lowest BCUT2D eigenvalue weighted by molar-refractivity contribution is -0.145. The Labute approximate surface area is 104 Å². The number of alkyl halides is 3. The molecule has 0 atom stereocenters. The molecule has 2 rings (SSSR count). The van der Waals surface area contributed by atoms with E-state index >= 15 is 0 Å². The van der Waals surface area contributed by atoms with E-state index in [0.29, 0.717) is 5.76 Å². The van der Waals surface area contributed by atoms with Gasteiger partial charge in [-0.15, -0.1) is 0 Å². The van der Waals surface area contributed by atoms with Crippen LogP contribution < -0.4 is 4.74 Å². The monoisotopic (exact) mass is 278 g/mol. The zero-order chi connectivity index (χ0) is 13.2. The molecule has 0 amide bonds. The minimum atomic E-state index is -4.67. The first-order chi connectivity index (χ1) is 8.45. The second kappa shape index (κ2) is 4.85. The molecular weight excluding hydrogens is 273 g/mol. The molecule has 18 heavy (non-hydrogen) atoms. The van der Waals surface area contributed by atoms with Crippen molar-refractivity contribution in [2.45, 2.75) is 12.8 Å². The maximum Gasteiger partial charge on any atom is 0.451 e. The number of halogens is 4. The summed E-state index contributed by atoms with van der Waals surface area (Å²) in [5.74, 6) is -1.15. The summed E-state index contributed by atoms with van der Waals surface area (Å²) in [6, 6.07) is 4.35. The predicted octanol–water partition coefficient (Wildman–Crippen LogP) is 3.32. The fraction of sp³-hybridized carbons (Fsp3) is 0.200. The summed E-state index contributed by atoms with van der Waals surface area (Å²) in [5, 5.41) is -0.341. The summed E-state index contributed by atoms with van der Waals surface area (Å²) < 4.78 is 47.2. The highest BCUT2D eigenvalue weighted by atomic mass is 35.5. The molecule has 0 aliphatic carbocycles. The Morgan fingerprint density at radius 2 is 2.11 bits per heavy atom. The summed E-state index contributed by atoms with van der Waals surface area (Å²) in [6.45, 7) is -0.0440. The van der Waals surface area contributed by atoms with Gasteiger partial charge in [0.25, 0.3) is 0 Å². The molecule has 0 saturated heterocycles. The molecule has 0 aliphatic rings. The summed E-state index contributed by atoms with van der Waals surface area (Å²) in [6.07, 6.45) is -3.25. The van der Waals surface area contributed by atoms with E-state index in [0.717, 1.165) is 6.07 Å². The Morgan fingerprint density at radius 1 is 1.33 bits per heavy atom. The highest BCUT2D eigenvalue weighted by molar-refractivity contribution is 6.29. The molecular formula is C10H6ClF3N2O2. The van der Waals surface area contributed by atoms with Crippen LogP contribution in [-0.2, 0) is 12.8 Å². The second-order valence-corrected chi connectivity index (χ2v) is 3.61. The van der Waals surface area contributed by atoms with Crippen molar-refractivity contribution in [2.24, 2.45) is 0 Å². The van der Waals surface area contributed by atoms with E-state index < -0.39 is 12.0 Å². The molecule has 0 spiro atoms. The number of hydrogen-bond donors (Lipinski definition) is 0. The molecule has 0 N–H and O–H groups in total. The van der Waals surface area contributed by atoms with E-state index in [2.05, 4.69) is 9.97 Å². The zero-order valence-corrected chi connectivity index (χ0v) is 9.50. The minimum Gasteiger partial charge on any atom is -0.469 e. The summed E-state index contributed by atoms with van der Waals surface area (Å²) >= 11 is 5.46. The van der Waals surface area contributed by atoms with E-state index in [1.807, 2.05) is 0 Å². The molecule has 2 aromatic rings. The van der Waals surface area contributed by atoms with Crippen LogP contribution in [-0.4, -0.2) is 9.97 Å². The van der Waals surface area contributed by atoms with Crippen LogP contribution in [0.3, 0.4) is 0 Å². The number of ether oxygens (including phenoxy) is 1. The van der Waals surface area contributed by atoms with Crippen LogP contribution in [0.4, 0.5) is 13.2 Å². The third-order valence-electron chi connectivity index (χ3n) is 1.87. The van der Waals surface area contributed by atoms with Crippen LogP contribution in [0.2, 0.25) is 5.15 Å². The highest BCUT2D eigenvalue weighted by Crippen LogP contribution is 2.28. The smallest absolute Gasteiger partial charge is 0.451 e. The van der Waals surface area contributed by atoms with Crippen LogP contribution in [0.5, 0.6) is 5.88 Å². The fourth-order valence-electron chi connectivity index (χ4n) is 1.14. The van der Waals surface area contributed by atoms with Gasteiger partial charge in [0.2, 0.25) is 11.7 Å². The molecule has 96 valence electrons. The van der Waals surface area contributed by atoms with E-state index in [1.54, 1.807) is 12.1 Å². The van der Waals surface area contributed by atoms with Crippen molar-refractivity contribution in [3.05, 3.63) is 41.2 Å². The van der Waals surface area contributed by atoms with Crippen molar-refractivity contribution in [2.75, 3.05) is 0 Å². The molecule has 0 fully saturated rings. The Bertz CT molecular complexity index is 528. The van der Waals surface area contributed by atoms with Gasteiger partial charge in [0.15, 0.2) is 0 Å². The van der Waals surface area contributed by atoms with Crippen molar-refractivity contribution in [3.63, 3.8) is 0 Å². The first-order valence-corrected chi connectivity index (χ1v) is 5.10. The van der Waals surface area contributed by atoms with Gasteiger partial charge < -0.3 is 9.15 Å². The van der Waals surface area contributed by atoms with Gasteiger partial charge in [0.05, 0.1) is 6.26 Å². The largest absolute Gasteiger partial charge is 0.469 e. The number of nitrogens with zero attached hydrogens (tertiary/aromatic N) is 2. The second-order valence-electron chi connectivity index (χ2n) is 3.22. The zero-order valence-electron chi connectivity index (χ0n) is 8.74. The van der Waals surface area contributed by atoms with Gasteiger partial charge in [-0.1, -0.05) is 11.6 Å². The Hall–Kier alpha value is -1.76. The molecule has 0 aromatic carbocycles. The number of rotatable bonds is 3. The van der Waals surface area contributed by atoms with Crippen LogP contribution in [0.25, 0.3) is 0 Å². The van der Waals surface area contributed by atoms with Crippen molar-refractivity contribution in [1.82, 2.24) is 9.97 Å². The van der Waals surface area contributed by atoms with Crippen LogP contribution >= 0.6 is 11.6 Å². The highest BCUT2D eigenvalue weighted by Gasteiger charge is 2.35. The third kappa shape index (κ3) is 3.13. The molecule has 2 aromatic heterocycles. The van der Waals surface area contributed by atoms with Gasteiger partial charge >= 0.3 is 6.18 Å². The first kappa shape index (κ1) is 12.7. The molecule has 8 heteroatoms. The topological polar surface area (TPSA) is 48.2 Å². The van der Waals surface area contributed by atoms with E-state index in [4.69, 9.17) is 20.8 Å². The summed E-state index contributed by atoms with van der Waals surface area (Å²) in [4.78, 5) is 6.30. The van der Waals surface area contributed by atoms with E-state index in [1.165, 1.54) is 6.26 Å². The van der Waals surface area contributed by atoms with Crippen molar-refractivity contribution >= 4 is 11.6 Å². The number of hydrogen-bond acceptors (Lipinski definition) is 4. The van der Waals surface area contributed by atoms with Crippen LogP contribution in [0.15, 0.2) is 28.9 Å². The molecule has 4 nitrogen and oxygen atoms in total. The molecule has 2 heterocycles. The van der Waals surface area contributed by atoms with Gasteiger partial charge in [-0.3, -0.25) is 0 Å². The van der Waals surface area contributed by atoms with Gasteiger partial charge in [-0.25, -0.2) is 4.98 Å². The van der Waals surface area contributed by atoms with Crippen molar-refractivity contribution in [1.29, 1.82) is 0 Å². The lowest BCUT2D eigenvalue weighted by Crippen LogP contribution is -2.12. The molecule has 0 saturated carbocycles. The Morgan fingerprint density at radius 3 is 2.72 bits per heavy atom. The lowest BCUT2D eigenvalue weighted by atomic mass is 10.5. The number of furan rings is 1. The lowest BCUT2D eigenvalue weighted by Gasteiger charge is -2.08. The van der Waals surface area contributed by atoms with Crippen LogP contribution in [0, 0.1) is 0 Å². The predicted molar refractivity (Wildman–Crippen MR) is 55.1 cm³/mol. The Kier molecular flexibility index (Phi) is 3.42. The summed E-state index contributed by atoms with van der Waals surface area (Å²) in [7, 11) is 0. The average molecular weight is 279 g/mol. The molecule has 0 aliphatic heterocycles. The average Bonchev–Trinajstić information content (AvgIpc) is 2.77. The molecule has 0 unspecified atom stereocenters. The van der Waals surface area contributed by atoms with Gasteiger partial charge in [0.1, 0.15) is 17.5 Å². The maximum absolute atomic E-state index is 12.4. The van der Waals surface area contributed by atoms with E-state index in [-0.39, 0.29) is 17.6 Å². The Balaban J connectivity index is 2.15. The fourth-order valence-corrected chi connectivity index (χ4v) is 1.31.